The van der Waals surface area contributed by atoms with Crippen LogP contribution < -0.4 is 10.1 Å². The second kappa shape index (κ2) is 7.07. The molecular formula is C18H19N3O2. The molecule has 1 N–H and O–H groups in total. The molecular weight excluding hydrogens is 290 g/mol. The Hall–Kier alpha value is -2.66. The third-order valence-electron chi connectivity index (χ3n) is 3.36. The van der Waals surface area contributed by atoms with Gasteiger partial charge in [0.05, 0.1) is 12.7 Å². The summed E-state index contributed by atoms with van der Waals surface area (Å²) in [6.45, 7) is 5.18. The Morgan fingerprint density at radius 1 is 1.04 bits per heavy atom. The van der Waals surface area contributed by atoms with Crippen LogP contribution in [0.2, 0.25) is 0 Å². The van der Waals surface area contributed by atoms with E-state index in [0.29, 0.717) is 24.7 Å². The number of hydrogen-bond donors (Lipinski definition) is 1. The van der Waals surface area contributed by atoms with Gasteiger partial charge in [-0.2, -0.15) is 0 Å². The Bertz CT molecular complexity index is 766. The molecule has 0 aliphatic rings. The zero-order valence-electron chi connectivity index (χ0n) is 13.2. The molecule has 0 bridgehead atoms. The van der Waals surface area contributed by atoms with Gasteiger partial charge in [-0.1, -0.05) is 6.07 Å². The number of furan rings is 1. The van der Waals surface area contributed by atoms with Gasteiger partial charge in [-0.25, -0.2) is 4.98 Å². The second-order valence-electron chi connectivity index (χ2n) is 5.32. The van der Waals surface area contributed by atoms with Gasteiger partial charge < -0.3 is 14.5 Å². The normalized spacial score (nSPS) is 10.7. The molecule has 3 rings (SSSR count). The predicted molar refractivity (Wildman–Crippen MR) is 87.3 cm³/mol. The lowest BCUT2D eigenvalue weighted by molar-refractivity contribution is 0.441. The largest absolute Gasteiger partial charge is 0.465 e. The third-order valence-corrected chi connectivity index (χ3v) is 3.36. The van der Waals surface area contributed by atoms with Crippen molar-refractivity contribution in [2.24, 2.45) is 0 Å². The molecule has 118 valence electrons. The van der Waals surface area contributed by atoms with Gasteiger partial charge in [0.15, 0.2) is 0 Å². The summed E-state index contributed by atoms with van der Waals surface area (Å²) in [6, 6.07) is 11.6. The number of rotatable bonds is 6. The minimum absolute atomic E-state index is 0.585. The molecule has 23 heavy (non-hydrogen) atoms. The van der Waals surface area contributed by atoms with Crippen LogP contribution in [-0.2, 0) is 13.1 Å². The van der Waals surface area contributed by atoms with Gasteiger partial charge in [0.25, 0.3) is 0 Å². The highest BCUT2D eigenvalue weighted by atomic mass is 16.5. The van der Waals surface area contributed by atoms with Crippen molar-refractivity contribution >= 4 is 0 Å². The first-order valence-corrected chi connectivity index (χ1v) is 7.51. The first kappa shape index (κ1) is 15.2. The molecule has 0 radical (unpaired) electrons. The molecule has 0 spiro atoms. The van der Waals surface area contributed by atoms with E-state index in [-0.39, 0.29) is 0 Å². The van der Waals surface area contributed by atoms with Crippen molar-refractivity contribution in [3.05, 3.63) is 71.6 Å². The standard InChI is InChI=1S/C18H19N3O2/c1-13-5-7-17(12-21-13)23-18-15(4-3-9-20-18)10-19-11-16-8-6-14(2)22-16/h3-9,12,19H,10-11H2,1-2H3. The van der Waals surface area contributed by atoms with Crippen molar-refractivity contribution in [3.8, 4) is 11.6 Å². The number of pyridine rings is 2. The fraction of sp³-hybridized carbons (Fsp3) is 0.222. The van der Waals surface area contributed by atoms with E-state index in [1.165, 1.54) is 0 Å². The topological polar surface area (TPSA) is 60.2 Å². The molecule has 0 atom stereocenters. The fourth-order valence-electron chi connectivity index (χ4n) is 2.18. The van der Waals surface area contributed by atoms with Crippen molar-refractivity contribution < 1.29 is 9.15 Å². The fourth-order valence-corrected chi connectivity index (χ4v) is 2.18. The molecule has 0 unspecified atom stereocenters. The van der Waals surface area contributed by atoms with E-state index in [1.807, 2.05) is 50.2 Å². The number of nitrogens with one attached hydrogen (secondary N) is 1. The lowest BCUT2D eigenvalue weighted by Gasteiger charge is -2.10. The summed E-state index contributed by atoms with van der Waals surface area (Å²) in [5.74, 6) is 3.09. The highest BCUT2D eigenvalue weighted by Crippen LogP contribution is 2.22. The Labute approximate surface area is 135 Å². The van der Waals surface area contributed by atoms with E-state index in [1.54, 1.807) is 12.4 Å². The van der Waals surface area contributed by atoms with Crippen molar-refractivity contribution in [2.45, 2.75) is 26.9 Å². The van der Waals surface area contributed by atoms with Crippen LogP contribution in [0, 0.1) is 13.8 Å². The number of ether oxygens (including phenoxy) is 1. The second-order valence-corrected chi connectivity index (χ2v) is 5.32. The van der Waals surface area contributed by atoms with E-state index in [0.717, 1.165) is 22.8 Å². The molecule has 5 heteroatoms. The Balaban J connectivity index is 1.64. The highest BCUT2D eigenvalue weighted by molar-refractivity contribution is 5.31. The minimum atomic E-state index is 0.585. The number of aromatic nitrogens is 2. The number of aryl methyl sites for hydroxylation is 2. The molecule has 0 saturated carbocycles. The smallest absolute Gasteiger partial charge is 0.223 e. The van der Waals surface area contributed by atoms with Crippen LogP contribution in [0.4, 0.5) is 0 Å². The molecule has 5 nitrogen and oxygen atoms in total. The van der Waals surface area contributed by atoms with Crippen molar-refractivity contribution in [1.29, 1.82) is 0 Å². The average Bonchev–Trinajstić information content (AvgIpc) is 2.97. The Morgan fingerprint density at radius 2 is 1.96 bits per heavy atom. The first-order chi connectivity index (χ1) is 11.2. The van der Waals surface area contributed by atoms with Gasteiger partial charge in [0, 0.05) is 24.0 Å². The van der Waals surface area contributed by atoms with E-state index >= 15 is 0 Å². The Kier molecular flexibility index (Phi) is 4.68. The molecule has 0 saturated heterocycles. The highest BCUT2D eigenvalue weighted by Gasteiger charge is 2.07. The minimum Gasteiger partial charge on any atom is -0.465 e. The zero-order chi connectivity index (χ0) is 16.1. The summed E-state index contributed by atoms with van der Waals surface area (Å²) in [5, 5.41) is 3.34. The van der Waals surface area contributed by atoms with Crippen LogP contribution in [0.1, 0.15) is 22.8 Å². The van der Waals surface area contributed by atoms with Gasteiger partial charge in [0.2, 0.25) is 5.88 Å². The molecule has 0 fully saturated rings. The lowest BCUT2D eigenvalue weighted by Crippen LogP contribution is -2.13. The van der Waals surface area contributed by atoms with Crippen LogP contribution in [0.3, 0.4) is 0 Å². The number of nitrogens with zero attached hydrogens (tertiary/aromatic N) is 2. The lowest BCUT2D eigenvalue weighted by atomic mass is 10.2. The predicted octanol–water partition coefficient (Wildman–Crippen LogP) is 3.77. The van der Waals surface area contributed by atoms with Crippen molar-refractivity contribution in [1.82, 2.24) is 15.3 Å². The summed E-state index contributed by atoms with van der Waals surface area (Å²) in [4.78, 5) is 8.54. The molecule has 0 aliphatic carbocycles. The quantitative estimate of drug-likeness (QED) is 0.751. The maximum absolute atomic E-state index is 5.83. The van der Waals surface area contributed by atoms with Crippen molar-refractivity contribution in [3.63, 3.8) is 0 Å². The molecule has 3 aromatic rings. The van der Waals surface area contributed by atoms with Crippen LogP contribution in [0.25, 0.3) is 0 Å². The van der Waals surface area contributed by atoms with Crippen LogP contribution in [0.5, 0.6) is 11.6 Å². The number of hydrogen-bond acceptors (Lipinski definition) is 5. The summed E-state index contributed by atoms with van der Waals surface area (Å²) in [5.41, 5.74) is 1.94. The maximum Gasteiger partial charge on any atom is 0.223 e. The maximum atomic E-state index is 5.83. The molecule has 0 aromatic carbocycles. The zero-order valence-corrected chi connectivity index (χ0v) is 13.2. The van der Waals surface area contributed by atoms with E-state index in [2.05, 4.69) is 15.3 Å². The van der Waals surface area contributed by atoms with Gasteiger partial charge >= 0.3 is 0 Å². The van der Waals surface area contributed by atoms with E-state index in [9.17, 15) is 0 Å². The van der Waals surface area contributed by atoms with E-state index < -0.39 is 0 Å². The van der Waals surface area contributed by atoms with Crippen molar-refractivity contribution in [2.75, 3.05) is 0 Å². The first-order valence-electron chi connectivity index (χ1n) is 7.51. The Morgan fingerprint density at radius 3 is 2.70 bits per heavy atom. The van der Waals surface area contributed by atoms with Gasteiger partial charge in [-0.05, 0) is 44.2 Å². The monoisotopic (exact) mass is 309 g/mol. The average molecular weight is 309 g/mol. The van der Waals surface area contributed by atoms with E-state index in [4.69, 9.17) is 9.15 Å². The molecule has 0 aliphatic heterocycles. The summed E-state index contributed by atoms with van der Waals surface area (Å²) in [7, 11) is 0. The third kappa shape index (κ3) is 4.17. The summed E-state index contributed by atoms with van der Waals surface area (Å²) < 4.78 is 11.4. The molecule has 3 aromatic heterocycles. The molecule has 3 heterocycles. The van der Waals surface area contributed by atoms with Crippen LogP contribution in [-0.4, -0.2) is 9.97 Å². The van der Waals surface area contributed by atoms with Gasteiger partial charge in [-0.3, -0.25) is 4.98 Å². The van der Waals surface area contributed by atoms with Crippen LogP contribution >= 0.6 is 0 Å². The van der Waals surface area contributed by atoms with Gasteiger partial charge in [-0.15, -0.1) is 0 Å². The van der Waals surface area contributed by atoms with Crippen LogP contribution in [0.15, 0.2) is 53.2 Å². The molecule has 0 amide bonds. The van der Waals surface area contributed by atoms with Gasteiger partial charge in [0.1, 0.15) is 17.3 Å². The summed E-state index contributed by atoms with van der Waals surface area (Å²) in [6.07, 6.45) is 3.42. The summed E-state index contributed by atoms with van der Waals surface area (Å²) >= 11 is 0. The SMILES string of the molecule is Cc1ccc(Oc2ncccc2CNCc2ccc(C)o2)cn1.